The lowest BCUT2D eigenvalue weighted by molar-refractivity contribution is 0.174. The molecule has 0 bridgehead atoms. The fourth-order valence-corrected chi connectivity index (χ4v) is 2.70. The van der Waals surface area contributed by atoms with E-state index in [-0.39, 0.29) is 30.8 Å². The van der Waals surface area contributed by atoms with Gasteiger partial charge in [0.25, 0.3) is 0 Å². The van der Waals surface area contributed by atoms with Gasteiger partial charge in [0.1, 0.15) is 5.75 Å². The average molecular weight is 483 g/mol. The van der Waals surface area contributed by atoms with Gasteiger partial charge in [0.2, 0.25) is 6.79 Å². The van der Waals surface area contributed by atoms with Crippen LogP contribution in [0.4, 0.5) is 0 Å². The molecule has 1 heterocycles. The number of methoxy groups -OCH3 is 1. The minimum atomic E-state index is 0. The second-order valence-corrected chi connectivity index (χ2v) is 5.91. The van der Waals surface area contributed by atoms with Crippen LogP contribution in [-0.4, -0.2) is 33.0 Å². The highest BCUT2D eigenvalue weighted by Gasteiger charge is 2.12. The molecule has 2 aromatic rings. The predicted octanol–water partition coefficient (Wildman–Crippen LogP) is 3.34. The van der Waals surface area contributed by atoms with Crippen molar-refractivity contribution in [3.63, 3.8) is 0 Å². The molecule has 0 aromatic heterocycles. The van der Waals surface area contributed by atoms with Crippen molar-refractivity contribution < 1.29 is 14.2 Å². The van der Waals surface area contributed by atoms with Gasteiger partial charge in [0, 0.05) is 13.1 Å². The van der Waals surface area contributed by atoms with E-state index in [1.807, 2.05) is 30.3 Å². The van der Waals surface area contributed by atoms with Crippen molar-refractivity contribution in [3.8, 4) is 17.2 Å². The van der Waals surface area contributed by atoms with Crippen LogP contribution in [0.5, 0.6) is 17.2 Å². The van der Waals surface area contributed by atoms with E-state index in [1.165, 1.54) is 5.56 Å². The first-order valence-electron chi connectivity index (χ1n) is 8.82. The van der Waals surface area contributed by atoms with Crippen LogP contribution in [0.2, 0.25) is 0 Å². The Balaban J connectivity index is 0.00000261. The van der Waals surface area contributed by atoms with Crippen molar-refractivity contribution in [2.45, 2.75) is 19.9 Å². The number of fused-ring (bicyclic) bond motifs is 1. The van der Waals surface area contributed by atoms with Gasteiger partial charge in [-0.3, -0.25) is 0 Å². The van der Waals surface area contributed by atoms with Crippen molar-refractivity contribution in [1.29, 1.82) is 0 Å². The lowest BCUT2D eigenvalue weighted by Gasteiger charge is -2.12. The highest BCUT2D eigenvalue weighted by atomic mass is 127. The lowest BCUT2D eigenvalue weighted by atomic mass is 10.1. The molecule has 0 amide bonds. The molecule has 6 nitrogen and oxygen atoms in total. The second kappa shape index (κ2) is 10.9. The zero-order valence-corrected chi connectivity index (χ0v) is 18.0. The number of nitrogens with zero attached hydrogens (tertiary/aromatic N) is 1. The van der Waals surface area contributed by atoms with Crippen molar-refractivity contribution in [2.75, 3.05) is 27.0 Å². The molecule has 0 radical (unpaired) electrons. The minimum Gasteiger partial charge on any atom is -0.497 e. The first-order chi connectivity index (χ1) is 12.8. The Hall–Kier alpha value is -2.16. The molecule has 0 spiro atoms. The van der Waals surface area contributed by atoms with Crippen LogP contribution in [0, 0.1) is 0 Å². The van der Waals surface area contributed by atoms with E-state index in [4.69, 9.17) is 14.2 Å². The largest absolute Gasteiger partial charge is 0.497 e. The predicted molar refractivity (Wildman–Crippen MR) is 117 cm³/mol. The summed E-state index contributed by atoms with van der Waals surface area (Å²) < 4.78 is 16.0. The fourth-order valence-electron chi connectivity index (χ4n) is 2.70. The molecule has 2 N–H and O–H groups in total. The summed E-state index contributed by atoms with van der Waals surface area (Å²) in [7, 11) is 1.68. The molecule has 146 valence electrons. The Morgan fingerprint density at radius 3 is 2.74 bits per heavy atom. The SMILES string of the molecule is CCNC(=NCc1ccc2c(c1)OCO2)NCCc1cccc(OC)c1.I. The topological polar surface area (TPSA) is 64.1 Å². The number of halogens is 1. The van der Waals surface area contributed by atoms with Gasteiger partial charge in [-0.1, -0.05) is 18.2 Å². The van der Waals surface area contributed by atoms with Crippen molar-refractivity contribution in [1.82, 2.24) is 10.6 Å². The first kappa shape index (κ1) is 21.1. The van der Waals surface area contributed by atoms with Gasteiger partial charge in [0.05, 0.1) is 13.7 Å². The lowest BCUT2D eigenvalue weighted by Crippen LogP contribution is -2.38. The van der Waals surface area contributed by atoms with Crippen LogP contribution in [0.15, 0.2) is 47.5 Å². The molecule has 2 aromatic carbocycles. The summed E-state index contributed by atoms with van der Waals surface area (Å²) in [6, 6.07) is 14.0. The highest BCUT2D eigenvalue weighted by Crippen LogP contribution is 2.32. The molecule has 7 heteroatoms. The summed E-state index contributed by atoms with van der Waals surface area (Å²) >= 11 is 0. The molecule has 3 rings (SSSR count). The third-order valence-corrected chi connectivity index (χ3v) is 4.04. The third kappa shape index (κ3) is 6.20. The maximum atomic E-state index is 5.41. The van der Waals surface area contributed by atoms with Gasteiger partial charge in [-0.15, -0.1) is 24.0 Å². The van der Waals surface area contributed by atoms with Gasteiger partial charge in [-0.25, -0.2) is 4.99 Å². The van der Waals surface area contributed by atoms with Crippen molar-refractivity contribution in [3.05, 3.63) is 53.6 Å². The van der Waals surface area contributed by atoms with E-state index in [0.29, 0.717) is 6.54 Å². The van der Waals surface area contributed by atoms with Gasteiger partial charge < -0.3 is 24.8 Å². The van der Waals surface area contributed by atoms with Gasteiger partial charge >= 0.3 is 0 Å². The number of aliphatic imine (C=N–C) groups is 1. The average Bonchev–Trinajstić information content (AvgIpc) is 3.14. The van der Waals surface area contributed by atoms with E-state index >= 15 is 0 Å². The molecule has 1 aliphatic heterocycles. The Bertz CT molecular complexity index is 768. The van der Waals surface area contributed by atoms with Crippen LogP contribution >= 0.6 is 24.0 Å². The summed E-state index contributed by atoms with van der Waals surface area (Å²) in [5.74, 6) is 3.26. The van der Waals surface area contributed by atoms with E-state index in [0.717, 1.165) is 48.3 Å². The molecule has 0 saturated heterocycles. The number of guanidine groups is 1. The molecule has 1 aliphatic rings. The number of benzene rings is 2. The molecule has 0 atom stereocenters. The standard InChI is InChI=1S/C20H25N3O3.HI/c1-3-21-20(22-10-9-15-5-4-6-17(11-15)24-2)23-13-16-7-8-18-19(12-16)26-14-25-18;/h4-8,11-12H,3,9-10,13-14H2,1-2H3,(H2,21,22,23);1H. The highest BCUT2D eigenvalue weighted by molar-refractivity contribution is 14.0. The maximum absolute atomic E-state index is 5.41. The number of rotatable bonds is 7. The van der Waals surface area contributed by atoms with E-state index in [9.17, 15) is 0 Å². The molecular weight excluding hydrogens is 457 g/mol. The zero-order chi connectivity index (χ0) is 18.2. The zero-order valence-electron chi connectivity index (χ0n) is 15.7. The van der Waals surface area contributed by atoms with Gasteiger partial charge in [-0.2, -0.15) is 0 Å². The van der Waals surface area contributed by atoms with Crippen LogP contribution in [0.25, 0.3) is 0 Å². The Labute approximate surface area is 177 Å². The van der Waals surface area contributed by atoms with E-state index < -0.39 is 0 Å². The fraction of sp³-hybridized carbons (Fsp3) is 0.350. The Morgan fingerprint density at radius 2 is 1.93 bits per heavy atom. The molecule has 0 fully saturated rings. The summed E-state index contributed by atoms with van der Waals surface area (Å²) in [6.45, 7) is 4.52. The molecule has 0 saturated carbocycles. The molecule has 27 heavy (non-hydrogen) atoms. The third-order valence-electron chi connectivity index (χ3n) is 4.04. The summed E-state index contributed by atoms with van der Waals surface area (Å²) in [6.07, 6.45) is 0.894. The van der Waals surface area contributed by atoms with Crippen LogP contribution in [0.3, 0.4) is 0 Å². The van der Waals surface area contributed by atoms with Crippen molar-refractivity contribution >= 4 is 29.9 Å². The Morgan fingerprint density at radius 1 is 1.07 bits per heavy atom. The number of nitrogens with one attached hydrogen (secondary N) is 2. The quantitative estimate of drug-likeness (QED) is 0.360. The van der Waals surface area contributed by atoms with Crippen LogP contribution < -0.4 is 24.8 Å². The van der Waals surface area contributed by atoms with Gasteiger partial charge in [0.15, 0.2) is 17.5 Å². The number of hydrogen-bond acceptors (Lipinski definition) is 4. The second-order valence-electron chi connectivity index (χ2n) is 5.91. The number of hydrogen-bond donors (Lipinski definition) is 2. The molecule has 0 unspecified atom stereocenters. The summed E-state index contributed by atoms with van der Waals surface area (Å²) in [5.41, 5.74) is 2.31. The van der Waals surface area contributed by atoms with Crippen LogP contribution in [0.1, 0.15) is 18.1 Å². The maximum Gasteiger partial charge on any atom is 0.231 e. The summed E-state index contributed by atoms with van der Waals surface area (Å²) in [4.78, 5) is 4.65. The summed E-state index contributed by atoms with van der Waals surface area (Å²) in [5, 5.41) is 6.64. The van der Waals surface area contributed by atoms with Gasteiger partial charge in [-0.05, 0) is 48.7 Å². The Kier molecular flexibility index (Phi) is 8.50. The van der Waals surface area contributed by atoms with E-state index in [1.54, 1.807) is 7.11 Å². The first-order valence-corrected chi connectivity index (χ1v) is 8.82. The van der Waals surface area contributed by atoms with Crippen molar-refractivity contribution in [2.24, 2.45) is 4.99 Å². The monoisotopic (exact) mass is 483 g/mol. The van der Waals surface area contributed by atoms with Crippen LogP contribution in [-0.2, 0) is 13.0 Å². The van der Waals surface area contributed by atoms with E-state index in [2.05, 4.69) is 34.7 Å². The minimum absolute atomic E-state index is 0. The molecule has 0 aliphatic carbocycles. The normalized spacial score (nSPS) is 12.3. The molecular formula is C20H26IN3O3. The smallest absolute Gasteiger partial charge is 0.231 e. The number of ether oxygens (including phenoxy) is 3.